The molecule has 20 heavy (non-hydrogen) atoms. The maximum absolute atomic E-state index is 4.40. The van der Waals surface area contributed by atoms with Crippen molar-refractivity contribution in [1.82, 2.24) is 19.9 Å². The van der Waals surface area contributed by atoms with Crippen molar-refractivity contribution in [1.29, 1.82) is 0 Å². The van der Waals surface area contributed by atoms with Gasteiger partial charge in [-0.1, -0.05) is 18.2 Å². The van der Waals surface area contributed by atoms with Crippen molar-refractivity contribution in [3.63, 3.8) is 0 Å². The van der Waals surface area contributed by atoms with Gasteiger partial charge >= 0.3 is 0 Å². The van der Waals surface area contributed by atoms with Crippen LogP contribution in [0.5, 0.6) is 0 Å². The molecule has 0 atom stereocenters. The average molecular weight is 266 g/mol. The van der Waals surface area contributed by atoms with E-state index < -0.39 is 0 Å². The quantitative estimate of drug-likeness (QED) is 0.789. The zero-order valence-corrected chi connectivity index (χ0v) is 11.8. The van der Waals surface area contributed by atoms with Crippen LogP contribution in [0.3, 0.4) is 0 Å². The Bertz CT molecular complexity index is 712. The van der Waals surface area contributed by atoms with Gasteiger partial charge in [0, 0.05) is 30.4 Å². The fourth-order valence-electron chi connectivity index (χ4n) is 2.45. The van der Waals surface area contributed by atoms with E-state index >= 15 is 0 Å². The zero-order chi connectivity index (χ0) is 13.9. The van der Waals surface area contributed by atoms with Crippen molar-refractivity contribution >= 4 is 10.9 Å². The first-order valence-electron chi connectivity index (χ1n) is 6.74. The third-order valence-corrected chi connectivity index (χ3v) is 3.53. The minimum atomic E-state index is 0.839. The van der Waals surface area contributed by atoms with Crippen LogP contribution in [0.15, 0.2) is 42.9 Å². The first kappa shape index (κ1) is 12.8. The van der Waals surface area contributed by atoms with E-state index in [1.165, 1.54) is 10.9 Å². The van der Waals surface area contributed by atoms with Crippen molar-refractivity contribution < 1.29 is 0 Å². The van der Waals surface area contributed by atoms with Crippen LogP contribution in [-0.4, -0.2) is 26.9 Å². The zero-order valence-electron chi connectivity index (χ0n) is 11.8. The molecular weight excluding hydrogens is 248 g/mol. The fourth-order valence-corrected chi connectivity index (χ4v) is 2.45. The molecule has 1 N–H and O–H groups in total. The van der Waals surface area contributed by atoms with Crippen LogP contribution >= 0.6 is 0 Å². The molecule has 0 bridgehead atoms. The standard InChI is InChI=1S/C16H18N4/c1-12-16(19-11-18-12)10-20(2)9-13-5-3-7-15-14(13)6-4-8-17-15/h3-8,11H,9-10H2,1-2H3,(H,18,19). The Balaban J connectivity index is 1.81. The van der Waals surface area contributed by atoms with E-state index in [1.54, 1.807) is 6.33 Å². The van der Waals surface area contributed by atoms with Gasteiger partial charge in [-0.2, -0.15) is 0 Å². The highest BCUT2D eigenvalue weighted by Gasteiger charge is 2.08. The van der Waals surface area contributed by atoms with Crippen molar-refractivity contribution in [3.05, 3.63) is 59.8 Å². The predicted octanol–water partition coefficient (Wildman–Crippen LogP) is 2.90. The van der Waals surface area contributed by atoms with Gasteiger partial charge in [-0.05, 0) is 31.7 Å². The Kier molecular flexibility index (Phi) is 3.48. The summed E-state index contributed by atoms with van der Waals surface area (Å²) in [5.41, 5.74) is 4.59. The van der Waals surface area contributed by atoms with E-state index in [0.717, 1.165) is 30.0 Å². The van der Waals surface area contributed by atoms with Crippen LogP contribution in [-0.2, 0) is 13.1 Å². The molecule has 3 rings (SSSR count). The van der Waals surface area contributed by atoms with Gasteiger partial charge in [-0.25, -0.2) is 4.98 Å². The molecule has 4 heteroatoms. The number of fused-ring (bicyclic) bond motifs is 1. The largest absolute Gasteiger partial charge is 0.348 e. The fraction of sp³-hybridized carbons (Fsp3) is 0.250. The second kappa shape index (κ2) is 5.43. The highest BCUT2D eigenvalue weighted by atomic mass is 15.1. The number of aromatic nitrogens is 3. The lowest BCUT2D eigenvalue weighted by Crippen LogP contribution is -2.18. The molecule has 0 spiro atoms. The van der Waals surface area contributed by atoms with Gasteiger partial charge in [0.2, 0.25) is 0 Å². The molecule has 2 heterocycles. The molecule has 0 aliphatic rings. The maximum atomic E-state index is 4.40. The number of nitrogens with zero attached hydrogens (tertiary/aromatic N) is 3. The molecule has 0 aliphatic carbocycles. The lowest BCUT2D eigenvalue weighted by atomic mass is 10.1. The summed E-state index contributed by atoms with van der Waals surface area (Å²) in [4.78, 5) is 14.1. The molecule has 2 aromatic heterocycles. The summed E-state index contributed by atoms with van der Waals surface area (Å²) in [6.07, 6.45) is 3.59. The molecule has 0 fully saturated rings. The number of nitrogens with one attached hydrogen (secondary N) is 1. The summed E-state index contributed by atoms with van der Waals surface area (Å²) >= 11 is 0. The summed E-state index contributed by atoms with van der Waals surface area (Å²) in [6, 6.07) is 10.4. The van der Waals surface area contributed by atoms with Crippen LogP contribution in [0.2, 0.25) is 0 Å². The topological polar surface area (TPSA) is 44.8 Å². The number of imidazole rings is 1. The minimum absolute atomic E-state index is 0.839. The Hall–Kier alpha value is -2.20. The number of H-pyrrole nitrogens is 1. The van der Waals surface area contributed by atoms with Crippen molar-refractivity contribution in [2.24, 2.45) is 0 Å². The van der Waals surface area contributed by atoms with Crippen molar-refractivity contribution in [2.75, 3.05) is 7.05 Å². The minimum Gasteiger partial charge on any atom is -0.348 e. The Morgan fingerprint density at radius 1 is 1.10 bits per heavy atom. The van der Waals surface area contributed by atoms with Gasteiger partial charge in [0.05, 0.1) is 17.5 Å². The lowest BCUT2D eigenvalue weighted by molar-refractivity contribution is 0.316. The number of benzene rings is 1. The molecule has 3 aromatic rings. The summed E-state index contributed by atoms with van der Waals surface area (Å²) in [6.45, 7) is 3.78. The van der Waals surface area contributed by atoms with Gasteiger partial charge in [0.1, 0.15) is 0 Å². The molecule has 0 unspecified atom stereocenters. The summed E-state index contributed by atoms with van der Waals surface area (Å²) in [5, 5.41) is 1.22. The van der Waals surface area contributed by atoms with Crippen molar-refractivity contribution in [3.8, 4) is 0 Å². The molecule has 1 aromatic carbocycles. The predicted molar refractivity (Wildman–Crippen MR) is 80.2 cm³/mol. The Labute approximate surface area is 118 Å². The van der Waals surface area contributed by atoms with Gasteiger partial charge in [0.15, 0.2) is 0 Å². The van der Waals surface area contributed by atoms with Crippen molar-refractivity contribution in [2.45, 2.75) is 20.0 Å². The number of rotatable bonds is 4. The third kappa shape index (κ3) is 2.56. The van der Waals surface area contributed by atoms with Crippen LogP contribution < -0.4 is 0 Å². The summed E-state index contributed by atoms with van der Waals surface area (Å²) in [7, 11) is 2.11. The highest BCUT2D eigenvalue weighted by molar-refractivity contribution is 5.81. The van der Waals surface area contributed by atoms with E-state index in [4.69, 9.17) is 0 Å². The lowest BCUT2D eigenvalue weighted by Gasteiger charge is -2.17. The van der Waals surface area contributed by atoms with Gasteiger partial charge in [-0.15, -0.1) is 0 Å². The third-order valence-electron chi connectivity index (χ3n) is 3.53. The highest BCUT2D eigenvalue weighted by Crippen LogP contribution is 2.18. The second-order valence-corrected chi connectivity index (χ2v) is 5.13. The number of hydrogen-bond donors (Lipinski definition) is 1. The van der Waals surface area contributed by atoms with E-state index in [1.807, 2.05) is 12.3 Å². The maximum Gasteiger partial charge on any atom is 0.0925 e. The monoisotopic (exact) mass is 266 g/mol. The Morgan fingerprint density at radius 3 is 2.80 bits per heavy atom. The number of aromatic amines is 1. The second-order valence-electron chi connectivity index (χ2n) is 5.13. The van der Waals surface area contributed by atoms with E-state index in [9.17, 15) is 0 Å². The van der Waals surface area contributed by atoms with E-state index in [-0.39, 0.29) is 0 Å². The molecule has 0 amide bonds. The molecule has 0 radical (unpaired) electrons. The molecule has 4 nitrogen and oxygen atoms in total. The summed E-state index contributed by atoms with van der Waals surface area (Å²) in [5.74, 6) is 0. The van der Waals surface area contributed by atoms with Crippen LogP contribution in [0.25, 0.3) is 10.9 Å². The van der Waals surface area contributed by atoms with Crippen LogP contribution in [0.1, 0.15) is 17.0 Å². The smallest absolute Gasteiger partial charge is 0.0925 e. The number of pyridine rings is 1. The van der Waals surface area contributed by atoms with E-state index in [2.05, 4.69) is 58.1 Å². The first-order valence-corrected chi connectivity index (χ1v) is 6.74. The molecule has 102 valence electrons. The van der Waals surface area contributed by atoms with E-state index in [0.29, 0.717) is 0 Å². The van der Waals surface area contributed by atoms with Crippen LogP contribution in [0.4, 0.5) is 0 Å². The average Bonchev–Trinajstić information content (AvgIpc) is 2.85. The van der Waals surface area contributed by atoms with Gasteiger partial charge in [-0.3, -0.25) is 9.88 Å². The molecule has 0 aliphatic heterocycles. The number of hydrogen-bond acceptors (Lipinski definition) is 3. The van der Waals surface area contributed by atoms with Crippen LogP contribution in [0, 0.1) is 6.92 Å². The van der Waals surface area contributed by atoms with Gasteiger partial charge < -0.3 is 4.98 Å². The SMILES string of the molecule is Cc1[nH]cnc1CN(C)Cc1cccc2ncccc12. The normalized spacial score (nSPS) is 11.3. The first-order chi connectivity index (χ1) is 9.74. The number of aryl methyl sites for hydroxylation is 1. The Morgan fingerprint density at radius 2 is 2.00 bits per heavy atom. The molecule has 0 saturated heterocycles. The molecule has 0 saturated carbocycles. The summed E-state index contributed by atoms with van der Waals surface area (Å²) < 4.78 is 0. The van der Waals surface area contributed by atoms with Gasteiger partial charge in [0.25, 0.3) is 0 Å². The molecular formula is C16H18N4.